The number of nitrogens with one attached hydrogen (secondary N) is 2. The highest BCUT2D eigenvalue weighted by Gasteiger charge is 2.43. The van der Waals surface area contributed by atoms with E-state index in [-0.39, 0.29) is 16.3 Å². The molecule has 2 aromatic carbocycles. The van der Waals surface area contributed by atoms with E-state index in [1.54, 1.807) is 0 Å². The summed E-state index contributed by atoms with van der Waals surface area (Å²) < 4.78 is 0. The molecule has 4 N–H and O–H groups in total. The Labute approximate surface area is 190 Å². The SMILES string of the molecule is Cc1cccc(C)c1NC(=O)Nc1cc(Cl)ccc1C(=O)N(C)[C@@](C)(CC(=O)O)C(=O)O. The molecule has 0 radical (unpaired) electrons. The van der Waals surface area contributed by atoms with Crippen LogP contribution in [0, 0.1) is 13.8 Å². The van der Waals surface area contributed by atoms with E-state index < -0.39 is 35.8 Å². The molecule has 9 nitrogen and oxygen atoms in total. The molecule has 0 aliphatic heterocycles. The molecule has 0 aliphatic rings. The van der Waals surface area contributed by atoms with Crippen LogP contribution in [0.1, 0.15) is 34.8 Å². The second kappa shape index (κ2) is 9.69. The van der Waals surface area contributed by atoms with Crippen LogP contribution in [0.25, 0.3) is 0 Å². The van der Waals surface area contributed by atoms with Gasteiger partial charge in [0, 0.05) is 17.8 Å². The molecular formula is C22H24ClN3O6. The van der Waals surface area contributed by atoms with Crippen molar-refractivity contribution >= 4 is 46.9 Å². The number of hydrogen-bond donors (Lipinski definition) is 4. The van der Waals surface area contributed by atoms with Gasteiger partial charge in [-0.15, -0.1) is 0 Å². The van der Waals surface area contributed by atoms with E-state index in [0.29, 0.717) is 5.69 Å². The quantitative estimate of drug-likeness (QED) is 0.492. The molecule has 0 aromatic heterocycles. The number of rotatable bonds is 7. The number of carbonyl (C=O) groups excluding carboxylic acids is 2. The van der Waals surface area contributed by atoms with Crippen molar-refractivity contribution < 1.29 is 29.4 Å². The number of carboxylic acids is 2. The normalized spacial score (nSPS) is 12.4. The van der Waals surface area contributed by atoms with E-state index >= 15 is 0 Å². The van der Waals surface area contributed by atoms with Crippen molar-refractivity contribution in [3.05, 3.63) is 58.1 Å². The lowest BCUT2D eigenvalue weighted by Gasteiger charge is -2.34. The van der Waals surface area contributed by atoms with E-state index in [1.807, 2.05) is 32.0 Å². The third kappa shape index (κ3) is 5.36. The minimum absolute atomic E-state index is 0.0427. The molecule has 170 valence electrons. The molecule has 0 aliphatic carbocycles. The average Bonchev–Trinajstić information content (AvgIpc) is 2.69. The standard InChI is InChI=1S/C22H24ClN3O6/c1-12-6-5-7-13(2)18(12)25-21(32)24-16-10-14(23)8-9-15(16)19(29)26(4)22(3,20(30)31)11-17(27)28/h5-10H,11H2,1-4H3,(H,27,28)(H,30,31)(H2,24,25,32)/t22-/m0/s1. The third-order valence-electron chi connectivity index (χ3n) is 5.18. The topological polar surface area (TPSA) is 136 Å². The van der Waals surface area contributed by atoms with Gasteiger partial charge in [0.2, 0.25) is 0 Å². The van der Waals surface area contributed by atoms with Crippen LogP contribution in [0.5, 0.6) is 0 Å². The lowest BCUT2D eigenvalue weighted by molar-refractivity contribution is -0.154. The van der Waals surface area contributed by atoms with E-state index in [1.165, 1.54) is 25.2 Å². The maximum Gasteiger partial charge on any atom is 0.329 e. The van der Waals surface area contributed by atoms with Crippen LogP contribution in [0.4, 0.5) is 16.2 Å². The summed E-state index contributed by atoms with van der Waals surface area (Å²) in [5.41, 5.74) is 0.270. The number of halogens is 1. The van der Waals surface area contributed by atoms with Crippen LogP contribution in [-0.4, -0.2) is 51.6 Å². The van der Waals surface area contributed by atoms with Gasteiger partial charge in [-0.2, -0.15) is 0 Å². The van der Waals surface area contributed by atoms with Crippen LogP contribution in [-0.2, 0) is 9.59 Å². The first kappa shape index (κ1) is 24.7. The smallest absolute Gasteiger partial charge is 0.329 e. The predicted molar refractivity (Wildman–Crippen MR) is 120 cm³/mol. The fourth-order valence-corrected chi connectivity index (χ4v) is 3.29. The van der Waals surface area contributed by atoms with Crippen molar-refractivity contribution in [3.8, 4) is 0 Å². The molecule has 3 amide bonds. The minimum Gasteiger partial charge on any atom is -0.481 e. The Hall–Kier alpha value is -3.59. The summed E-state index contributed by atoms with van der Waals surface area (Å²) in [6.45, 7) is 4.81. The van der Waals surface area contributed by atoms with Crippen LogP contribution < -0.4 is 10.6 Å². The molecular weight excluding hydrogens is 438 g/mol. The Kier molecular flexibility index (Phi) is 7.48. The van der Waals surface area contributed by atoms with Crippen molar-refractivity contribution in [1.29, 1.82) is 0 Å². The summed E-state index contributed by atoms with van der Waals surface area (Å²) in [7, 11) is 1.19. The van der Waals surface area contributed by atoms with Gasteiger partial charge in [-0.05, 0) is 50.1 Å². The number of amides is 3. The molecule has 0 unspecified atom stereocenters. The number of anilines is 2. The summed E-state index contributed by atoms with van der Waals surface area (Å²) in [6, 6.07) is 8.98. The highest BCUT2D eigenvalue weighted by Crippen LogP contribution is 2.27. The largest absolute Gasteiger partial charge is 0.481 e. The van der Waals surface area contributed by atoms with E-state index in [4.69, 9.17) is 16.7 Å². The van der Waals surface area contributed by atoms with Crippen LogP contribution in [0.15, 0.2) is 36.4 Å². The second-order valence-electron chi connectivity index (χ2n) is 7.55. The molecule has 0 saturated heterocycles. The molecule has 2 aromatic rings. The monoisotopic (exact) mass is 461 g/mol. The van der Waals surface area contributed by atoms with E-state index in [0.717, 1.165) is 23.0 Å². The highest BCUT2D eigenvalue weighted by molar-refractivity contribution is 6.31. The molecule has 0 fully saturated rings. The molecule has 0 spiro atoms. The molecule has 2 rings (SSSR count). The molecule has 1 atom stereocenters. The summed E-state index contributed by atoms with van der Waals surface area (Å²) in [6.07, 6.45) is -0.812. The van der Waals surface area contributed by atoms with Crippen LogP contribution in [0.2, 0.25) is 5.02 Å². The lowest BCUT2D eigenvalue weighted by atomic mass is 9.95. The summed E-state index contributed by atoms with van der Waals surface area (Å²) >= 11 is 6.04. The van der Waals surface area contributed by atoms with Crippen LogP contribution in [0.3, 0.4) is 0 Å². The van der Waals surface area contributed by atoms with Gasteiger partial charge < -0.3 is 25.7 Å². The van der Waals surface area contributed by atoms with Gasteiger partial charge in [-0.1, -0.05) is 29.8 Å². The van der Waals surface area contributed by atoms with Gasteiger partial charge >= 0.3 is 18.0 Å². The van der Waals surface area contributed by atoms with Crippen molar-refractivity contribution in [1.82, 2.24) is 4.90 Å². The zero-order chi connectivity index (χ0) is 24.2. The van der Waals surface area contributed by atoms with Crippen LogP contribution >= 0.6 is 11.6 Å². The lowest BCUT2D eigenvalue weighted by Crippen LogP contribution is -2.54. The van der Waals surface area contributed by atoms with Gasteiger partial charge in [0.25, 0.3) is 5.91 Å². The van der Waals surface area contributed by atoms with Crippen molar-refractivity contribution in [3.63, 3.8) is 0 Å². The summed E-state index contributed by atoms with van der Waals surface area (Å²) in [4.78, 5) is 49.5. The first-order chi connectivity index (χ1) is 14.9. The van der Waals surface area contributed by atoms with Gasteiger partial charge in [-0.25, -0.2) is 9.59 Å². The number of para-hydroxylation sites is 1. The zero-order valence-electron chi connectivity index (χ0n) is 18.0. The van der Waals surface area contributed by atoms with Crippen molar-refractivity contribution in [2.45, 2.75) is 32.7 Å². The molecule has 0 saturated carbocycles. The van der Waals surface area contributed by atoms with Gasteiger partial charge in [0.05, 0.1) is 17.7 Å². The maximum absolute atomic E-state index is 13.1. The number of hydrogen-bond acceptors (Lipinski definition) is 4. The second-order valence-corrected chi connectivity index (χ2v) is 7.99. The number of nitrogens with zero attached hydrogens (tertiary/aromatic N) is 1. The van der Waals surface area contributed by atoms with E-state index in [9.17, 15) is 24.3 Å². The van der Waals surface area contributed by atoms with Gasteiger partial charge in [0.15, 0.2) is 0 Å². The van der Waals surface area contributed by atoms with Crippen molar-refractivity contribution in [2.75, 3.05) is 17.7 Å². The molecule has 0 bridgehead atoms. The fourth-order valence-electron chi connectivity index (χ4n) is 3.12. The number of carboxylic acid groups (broad SMARTS) is 2. The highest BCUT2D eigenvalue weighted by atomic mass is 35.5. The molecule has 10 heteroatoms. The number of aliphatic carboxylic acids is 2. The Morgan fingerprint density at radius 3 is 2.16 bits per heavy atom. The number of likely N-dealkylation sites (N-methyl/N-ethyl adjacent to an activating group) is 1. The molecule has 0 heterocycles. The number of aryl methyl sites for hydroxylation is 2. The Morgan fingerprint density at radius 1 is 1.03 bits per heavy atom. The molecule has 32 heavy (non-hydrogen) atoms. The Bertz CT molecular complexity index is 1070. The maximum atomic E-state index is 13.1. The number of urea groups is 1. The first-order valence-corrected chi connectivity index (χ1v) is 9.91. The van der Waals surface area contributed by atoms with E-state index in [2.05, 4.69) is 10.6 Å². The van der Waals surface area contributed by atoms with Gasteiger partial charge in [0.1, 0.15) is 5.54 Å². The van der Waals surface area contributed by atoms with Gasteiger partial charge in [-0.3, -0.25) is 9.59 Å². The Morgan fingerprint density at radius 2 is 1.62 bits per heavy atom. The predicted octanol–water partition coefficient (Wildman–Crippen LogP) is 3.99. The fraction of sp³-hybridized carbons (Fsp3) is 0.273. The van der Waals surface area contributed by atoms with Crippen molar-refractivity contribution in [2.24, 2.45) is 0 Å². The Balaban J connectivity index is 2.36. The first-order valence-electron chi connectivity index (χ1n) is 9.54. The summed E-state index contributed by atoms with van der Waals surface area (Å²) in [5.74, 6) is -3.65. The summed E-state index contributed by atoms with van der Waals surface area (Å²) in [5, 5.41) is 24.2. The number of carbonyl (C=O) groups is 4. The minimum atomic E-state index is -2.01. The number of benzene rings is 2. The average molecular weight is 462 g/mol. The third-order valence-corrected chi connectivity index (χ3v) is 5.42. The zero-order valence-corrected chi connectivity index (χ0v) is 18.8.